The predicted octanol–water partition coefficient (Wildman–Crippen LogP) is 2.24. The van der Waals surface area contributed by atoms with Crippen LogP contribution in [0.2, 0.25) is 0 Å². The molecule has 0 aliphatic heterocycles. The second kappa shape index (κ2) is 6.07. The number of phenols is 1. The first-order chi connectivity index (χ1) is 10.3. The van der Waals surface area contributed by atoms with Crippen LogP contribution in [0.4, 0.5) is 10.8 Å². The van der Waals surface area contributed by atoms with Crippen LogP contribution >= 0.6 is 0 Å². The molecule has 0 atom stereocenters. The normalized spacial score (nSPS) is 11.3. The lowest BCUT2D eigenvalue weighted by atomic mass is 10.1. The van der Waals surface area contributed by atoms with Crippen molar-refractivity contribution in [2.75, 3.05) is 5.32 Å². The van der Waals surface area contributed by atoms with Gasteiger partial charge in [-0.3, -0.25) is 5.32 Å². The number of hydrogen-bond acceptors (Lipinski definition) is 5. The molecule has 0 aliphatic carbocycles. The summed E-state index contributed by atoms with van der Waals surface area (Å²) in [5.41, 5.74) is -0.0783. The van der Waals surface area contributed by atoms with E-state index >= 15 is 0 Å². The lowest BCUT2D eigenvalue weighted by molar-refractivity contribution is 0.0541. The molecular weight excluding hydrogens is 286 g/mol. The van der Waals surface area contributed by atoms with Gasteiger partial charge in [0.2, 0.25) is 0 Å². The second-order valence-corrected chi connectivity index (χ2v) is 5.43. The number of oxazole rings is 1. The predicted molar refractivity (Wildman–Crippen MR) is 80.5 cm³/mol. The van der Waals surface area contributed by atoms with Gasteiger partial charge in [0.1, 0.15) is 11.4 Å². The summed E-state index contributed by atoms with van der Waals surface area (Å²) in [6.45, 7) is 4.99. The summed E-state index contributed by atoms with van der Waals surface area (Å²) in [5, 5.41) is 24.5. The molecule has 0 saturated heterocycles. The number of aliphatic hydroxyl groups is 1. The molecule has 0 aliphatic rings. The lowest BCUT2D eigenvalue weighted by Gasteiger charge is -2.13. The quantitative estimate of drug-likeness (QED) is 0.693. The van der Waals surface area contributed by atoms with E-state index in [2.05, 4.69) is 15.6 Å². The molecule has 2 aromatic rings. The van der Waals surface area contributed by atoms with Gasteiger partial charge in [0, 0.05) is 12.1 Å². The summed E-state index contributed by atoms with van der Waals surface area (Å²) >= 11 is 0. The van der Waals surface area contributed by atoms with Crippen molar-refractivity contribution in [3.63, 3.8) is 0 Å². The Balaban J connectivity index is 1.97. The van der Waals surface area contributed by atoms with Crippen molar-refractivity contribution in [3.8, 4) is 5.75 Å². The van der Waals surface area contributed by atoms with Gasteiger partial charge in [0.25, 0.3) is 0 Å². The number of carbonyl (C=O) groups excluding carboxylic acids is 1. The minimum absolute atomic E-state index is 0.00408. The molecule has 22 heavy (non-hydrogen) atoms. The molecule has 4 N–H and O–H groups in total. The molecule has 0 bridgehead atoms. The SMILES string of the molecule is Cc1nc(NC(=O)NCc2ccccc2O)oc1C(C)(C)O. The first-order valence-electron chi connectivity index (χ1n) is 6.79. The van der Waals surface area contributed by atoms with Gasteiger partial charge >= 0.3 is 12.0 Å². The van der Waals surface area contributed by atoms with Crippen LogP contribution in [0.5, 0.6) is 5.75 Å². The summed E-state index contributed by atoms with van der Waals surface area (Å²) in [4.78, 5) is 15.8. The van der Waals surface area contributed by atoms with E-state index < -0.39 is 11.6 Å². The number of phenolic OH excluding ortho intramolecular Hbond substituents is 1. The molecule has 1 aromatic carbocycles. The van der Waals surface area contributed by atoms with E-state index in [0.29, 0.717) is 17.0 Å². The van der Waals surface area contributed by atoms with Crippen LogP contribution in [-0.4, -0.2) is 21.2 Å². The molecule has 1 heterocycles. The van der Waals surface area contributed by atoms with Gasteiger partial charge in [-0.05, 0) is 26.8 Å². The average Bonchev–Trinajstić information content (AvgIpc) is 2.78. The fourth-order valence-electron chi connectivity index (χ4n) is 1.99. The Bertz CT molecular complexity index is 674. The van der Waals surface area contributed by atoms with Crippen molar-refractivity contribution in [3.05, 3.63) is 41.3 Å². The molecule has 0 radical (unpaired) electrons. The number of aromatic nitrogens is 1. The Morgan fingerprint density at radius 1 is 1.36 bits per heavy atom. The third-order valence-corrected chi connectivity index (χ3v) is 3.00. The van der Waals surface area contributed by atoms with Crippen LogP contribution in [0.15, 0.2) is 28.7 Å². The highest BCUT2D eigenvalue weighted by Crippen LogP contribution is 2.26. The lowest BCUT2D eigenvalue weighted by Crippen LogP contribution is -2.28. The zero-order valence-electron chi connectivity index (χ0n) is 12.7. The number of hydrogen-bond donors (Lipinski definition) is 4. The first-order valence-corrected chi connectivity index (χ1v) is 6.79. The third kappa shape index (κ3) is 3.76. The molecule has 0 fully saturated rings. The fraction of sp³-hybridized carbons (Fsp3) is 0.333. The van der Waals surface area contributed by atoms with Gasteiger partial charge in [0.15, 0.2) is 5.76 Å². The molecule has 0 spiro atoms. The number of benzene rings is 1. The Labute approximate surface area is 128 Å². The van der Waals surface area contributed by atoms with Crippen molar-refractivity contribution in [1.29, 1.82) is 0 Å². The largest absolute Gasteiger partial charge is 0.508 e. The number of urea groups is 1. The number of rotatable bonds is 4. The van der Waals surface area contributed by atoms with Crippen molar-refractivity contribution >= 4 is 12.0 Å². The molecule has 7 nitrogen and oxygen atoms in total. The van der Waals surface area contributed by atoms with Crippen molar-refractivity contribution < 1.29 is 19.4 Å². The summed E-state index contributed by atoms with van der Waals surface area (Å²) in [6.07, 6.45) is 0. The Kier molecular flexibility index (Phi) is 4.37. The Hall–Kier alpha value is -2.54. The number of carbonyl (C=O) groups is 1. The van der Waals surface area contributed by atoms with Gasteiger partial charge in [-0.2, -0.15) is 4.98 Å². The van der Waals surface area contributed by atoms with Gasteiger partial charge in [-0.15, -0.1) is 0 Å². The number of amides is 2. The zero-order valence-corrected chi connectivity index (χ0v) is 12.7. The number of nitrogens with zero attached hydrogens (tertiary/aromatic N) is 1. The van der Waals surface area contributed by atoms with E-state index in [1.54, 1.807) is 45.0 Å². The van der Waals surface area contributed by atoms with Gasteiger partial charge in [-0.1, -0.05) is 18.2 Å². The van der Waals surface area contributed by atoms with Crippen LogP contribution in [0.25, 0.3) is 0 Å². The maximum absolute atomic E-state index is 11.8. The van der Waals surface area contributed by atoms with Crippen molar-refractivity contribution in [1.82, 2.24) is 10.3 Å². The molecule has 1 aromatic heterocycles. The van der Waals surface area contributed by atoms with Crippen molar-refractivity contribution in [2.45, 2.75) is 32.9 Å². The number of nitrogens with one attached hydrogen (secondary N) is 2. The maximum atomic E-state index is 11.8. The Morgan fingerprint density at radius 3 is 2.64 bits per heavy atom. The van der Waals surface area contributed by atoms with E-state index in [9.17, 15) is 15.0 Å². The second-order valence-electron chi connectivity index (χ2n) is 5.43. The van der Waals surface area contributed by atoms with E-state index in [0.717, 1.165) is 0 Å². The van der Waals surface area contributed by atoms with Crippen molar-refractivity contribution in [2.24, 2.45) is 0 Å². The Morgan fingerprint density at radius 2 is 2.05 bits per heavy atom. The van der Waals surface area contributed by atoms with Crippen LogP contribution in [0.1, 0.15) is 30.9 Å². The summed E-state index contributed by atoms with van der Waals surface area (Å²) in [6, 6.07) is 6.20. The summed E-state index contributed by atoms with van der Waals surface area (Å²) in [7, 11) is 0. The minimum Gasteiger partial charge on any atom is -0.508 e. The highest BCUT2D eigenvalue weighted by Gasteiger charge is 2.25. The van der Waals surface area contributed by atoms with E-state index in [-0.39, 0.29) is 18.3 Å². The van der Waals surface area contributed by atoms with E-state index in [1.165, 1.54) is 0 Å². The van der Waals surface area contributed by atoms with E-state index in [1.807, 2.05) is 0 Å². The van der Waals surface area contributed by atoms with Crippen LogP contribution in [-0.2, 0) is 12.1 Å². The van der Waals surface area contributed by atoms with Crippen LogP contribution < -0.4 is 10.6 Å². The molecule has 0 saturated carbocycles. The standard InChI is InChI=1S/C15H19N3O4/c1-9-12(15(2,3)21)22-14(17-9)18-13(20)16-8-10-6-4-5-7-11(10)19/h4-7,19,21H,8H2,1-3H3,(H2,16,17,18,20). The maximum Gasteiger partial charge on any atom is 0.323 e. The molecular formula is C15H19N3O4. The van der Waals surface area contributed by atoms with Gasteiger partial charge < -0.3 is 19.9 Å². The molecule has 0 unspecified atom stereocenters. The fourth-order valence-corrected chi connectivity index (χ4v) is 1.99. The van der Waals surface area contributed by atoms with Gasteiger partial charge in [-0.25, -0.2) is 4.79 Å². The number of para-hydroxylation sites is 1. The van der Waals surface area contributed by atoms with Gasteiger partial charge in [0.05, 0.1) is 5.69 Å². The molecule has 2 amide bonds. The van der Waals surface area contributed by atoms with E-state index in [4.69, 9.17) is 4.42 Å². The molecule has 118 valence electrons. The monoisotopic (exact) mass is 305 g/mol. The van der Waals surface area contributed by atoms with Crippen LogP contribution in [0, 0.1) is 6.92 Å². The highest BCUT2D eigenvalue weighted by atomic mass is 16.4. The topological polar surface area (TPSA) is 108 Å². The number of anilines is 1. The summed E-state index contributed by atoms with van der Waals surface area (Å²) < 4.78 is 5.34. The molecule has 2 rings (SSSR count). The van der Waals surface area contributed by atoms with Crippen LogP contribution in [0.3, 0.4) is 0 Å². The number of aryl methyl sites for hydroxylation is 1. The highest BCUT2D eigenvalue weighted by molar-refractivity contribution is 5.87. The molecule has 7 heteroatoms. The average molecular weight is 305 g/mol. The summed E-state index contributed by atoms with van der Waals surface area (Å²) in [5.74, 6) is 0.405. The zero-order chi connectivity index (χ0) is 16.3. The minimum atomic E-state index is -1.18. The first kappa shape index (κ1) is 15.8. The smallest absolute Gasteiger partial charge is 0.323 e. The third-order valence-electron chi connectivity index (χ3n) is 3.00. The number of aromatic hydroxyl groups is 1.